The van der Waals surface area contributed by atoms with Crippen molar-refractivity contribution < 1.29 is 22.4 Å². The Labute approximate surface area is 70.7 Å². The minimum Gasteiger partial charge on any atom is -0.365 e. The summed E-state index contributed by atoms with van der Waals surface area (Å²) in [6.07, 6.45) is -4.36. The molecule has 0 amide bonds. The Morgan fingerprint density at radius 1 is 1.46 bits per heavy atom. The van der Waals surface area contributed by atoms with Gasteiger partial charge in [-0.05, 0) is 5.16 Å². The zero-order chi connectivity index (χ0) is 9.90. The lowest BCUT2D eigenvalue weighted by molar-refractivity contribution is -0.178. The Balaban J connectivity index is 2.28. The number of anilines is 1. The molecule has 0 bridgehead atoms. The lowest BCUT2D eigenvalue weighted by atomic mass is 10.6. The van der Waals surface area contributed by atoms with Crippen molar-refractivity contribution in [2.45, 2.75) is 12.8 Å². The Morgan fingerprint density at radius 2 is 2.15 bits per heavy atom. The molecule has 0 radical (unpaired) electrons. The van der Waals surface area contributed by atoms with Crippen LogP contribution >= 0.6 is 0 Å². The number of aromatic nitrogens is 2. The number of nitrogen functional groups attached to an aromatic ring is 1. The quantitative estimate of drug-likeness (QED) is 0.773. The molecule has 0 aliphatic heterocycles. The van der Waals surface area contributed by atoms with Gasteiger partial charge in [-0.15, -0.1) is 0 Å². The van der Waals surface area contributed by atoms with Gasteiger partial charge in [-0.3, -0.25) is 0 Å². The maximum Gasteiger partial charge on any atom is 0.411 e. The fourth-order valence-electron chi connectivity index (χ4n) is 0.581. The van der Waals surface area contributed by atoms with Crippen LogP contribution in [0.5, 0.6) is 0 Å². The van der Waals surface area contributed by atoms with Gasteiger partial charge in [-0.25, -0.2) is 0 Å². The second-order valence-electron chi connectivity index (χ2n) is 2.15. The summed E-state index contributed by atoms with van der Waals surface area (Å²) in [6, 6.07) is 0. The first-order valence-corrected chi connectivity index (χ1v) is 3.20. The summed E-state index contributed by atoms with van der Waals surface area (Å²) in [5, 5.41) is 3.16. The Hall–Kier alpha value is -1.31. The third kappa shape index (κ3) is 3.74. The fraction of sp³-hybridized carbons (Fsp3) is 0.600. The first-order chi connectivity index (χ1) is 5.97. The van der Waals surface area contributed by atoms with E-state index in [-0.39, 0.29) is 11.8 Å². The number of nitrogens with two attached hydrogens (primary N) is 1. The van der Waals surface area contributed by atoms with Gasteiger partial charge in [0.2, 0.25) is 0 Å². The molecule has 0 aliphatic rings. The van der Waals surface area contributed by atoms with Crippen LogP contribution in [0.25, 0.3) is 0 Å². The highest BCUT2D eigenvalue weighted by Gasteiger charge is 2.27. The summed E-state index contributed by atoms with van der Waals surface area (Å²) in [5.41, 5.74) is 5.04. The molecule has 1 rings (SSSR count). The third-order valence-corrected chi connectivity index (χ3v) is 0.975. The normalized spacial score (nSPS) is 11.9. The van der Waals surface area contributed by atoms with Gasteiger partial charge in [-0.1, -0.05) is 0 Å². The predicted molar refractivity (Wildman–Crippen MR) is 34.4 cm³/mol. The molecule has 2 N–H and O–H groups in total. The van der Waals surface area contributed by atoms with Crippen LogP contribution in [-0.4, -0.2) is 22.9 Å². The molecular formula is C5H6F3N3O2. The Kier molecular flexibility index (Phi) is 2.71. The standard InChI is InChI=1S/C5H6F3N3O2/c6-5(7,8)2-12-1-3-10-4(9)11-13-3/h1-2H2,(H2,9,11). The van der Waals surface area contributed by atoms with Crippen LogP contribution in [-0.2, 0) is 11.3 Å². The van der Waals surface area contributed by atoms with E-state index in [2.05, 4.69) is 19.4 Å². The summed E-state index contributed by atoms with van der Waals surface area (Å²) in [6.45, 7) is -1.75. The molecular weight excluding hydrogens is 191 g/mol. The monoisotopic (exact) mass is 197 g/mol. The van der Waals surface area contributed by atoms with Gasteiger partial charge in [-0.2, -0.15) is 18.2 Å². The molecule has 0 fully saturated rings. The molecule has 0 aromatic carbocycles. The predicted octanol–water partition coefficient (Wildman–Crippen LogP) is 0.731. The maximum absolute atomic E-state index is 11.5. The number of hydrogen-bond donors (Lipinski definition) is 1. The van der Waals surface area contributed by atoms with Crippen LogP contribution in [0.3, 0.4) is 0 Å². The van der Waals surface area contributed by atoms with Gasteiger partial charge < -0.3 is 15.0 Å². The molecule has 74 valence electrons. The number of hydrogen-bond acceptors (Lipinski definition) is 5. The van der Waals surface area contributed by atoms with Crippen LogP contribution in [0.1, 0.15) is 5.89 Å². The van der Waals surface area contributed by atoms with Crippen LogP contribution in [0, 0.1) is 0 Å². The van der Waals surface area contributed by atoms with Gasteiger partial charge in [0.1, 0.15) is 13.2 Å². The highest BCUT2D eigenvalue weighted by molar-refractivity contribution is 5.09. The third-order valence-electron chi connectivity index (χ3n) is 0.975. The smallest absolute Gasteiger partial charge is 0.365 e. The SMILES string of the molecule is Nc1noc(COCC(F)(F)F)n1. The Bertz CT molecular complexity index is 272. The van der Waals surface area contributed by atoms with E-state index in [1.165, 1.54) is 0 Å². The van der Waals surface area contributed by atoms with Gasteiger partial charge in [0.15, 0.2) is 0 Å². The highest BCUT2D eigenvalue weighted by Crippen LogP contribution is 2.15. The molecule has 1 aromatic heterocycles. The topological polar surface area (TPSA) is 74.2 Å². The second-order valence-corrected chi connectivity index (χ2v) is 2.15. The molecule has 0 unspecified atom stereocenters. The average molecular weight is 197 g/mol. The van der Waals surface area contributed by atoms with Crippen LogP contribution in [0.2, 0.25) is 0 Å². The average Bonchev–Trinajstić information content (AvgIpc) is 2.33. The van der Waals surface area contributed by atoms with Crippen molar-refractivity contribution in [1.29, 1.82) is 0 Å². The zero-order valence-corrected chi connectivity index (χ0v) is 6.34. The molecule has 5 nitrogen and oxygen atoms in total. The molecule has 8 heteroatoms. The van der Waals surface area contributed by atoms with Crippen molar-refractivity contribution in [2.24, 2.45) is 0 Å². The van der Waals surface area contributed by atoms with Gasteiger partial charge in [0, 0.05) is 0 Å². The zero-order valence-electron chi connectivity index (χ0n) is 6.34. The molecule has 0 saturated heterocycles. The number of nitrogens with zero attached hydrogens (tertiary/aromatic N) is 2. The molecule has 0 saturated carbocycles. The second kappa shape index (κ2) is 3.60. The molecule has 0 aliphatic carbocycles. The molecule has 0 spiro atoms. The lowest BCUT2D eigenvalue weighted by Crippen LogP contribution is -2.16. The first-order valence-electron chi connectivity index (χ1n) is 3.20. The highest BCUT2D eigenvalue weighted by atomic mass is 19.4. The number of rotatable bonds is 3. The molecule has 1 aromatic rings. The summed E-state index contributed by atoms with van der Waals surface area (Å²) in [5.74, 6) is -0.215. The van der Waals surface area contributed by atoms with E-state index < -0.39 is 19.4 Å². The van der Waals surface area contributed by atoms with Crippen LogP contribution in [0.15, 0.2) is 4.52 Å². The van der Waals surface area contributed by atoms with E-state index in [0.29, 0.717) is 0 Å². The van der Waals surface area contributed by atoms with Crippen molar-refractivity contribution in [3.8, 4) is 0 Å². The summed E-state index contributed by atoms with van der Waals surface area (Å²) in [4.78, 5) is 3.44. The van der Waals surface area contributed by atoms with Crippen molar-refractivity contribution in [3.63, 3.8) is 0 Å². The fourth-order valence-corrected chi connectivity index (χ4v) is 0.581. The van der Waals surface area contributed by atoms with E-state index in [1.807, 2.05) is 0 Å². The molecule has 0 atom stereocenters. The van der Waals surface area contributed by atoms with Crippen molar-refractivity contribution >= 4 is 5.95 Å². The van der Waals surface area contributed by atoms with Gasteiger partial charge >= 0.3 is 6.18 Å². The van der Waals surface area contributed by atoms with E-state index in [0.717, 1.165) is 0 Å². The van der Waals surface area contributed by atoms with Gasteiger partial charge in [0.25, 0.3) is 11.8 Å². The minimum absolute atomic E-state index is 0.0817. The number of alkyl halides is 3. The maximum atomic E-state index is 11.5. The minimum atomic E-state index is -4.36. The van der Waals surface area contributed by atoms with Crippen LogP contribution < -0.4 is 5.73 Å². The van der Waals surface area contributed by atoms with Crippen molar-refractivity contribution in [2.75, 3.05) is 12.3 Å². The van der Waals surface area contributed by atoms with Gasteiger partial charge in [0.05, 0.1) is 0 Å². The Morgan fingerprint density at radius 3 is 2.62 bits per heavy atom. The first kappa shape index (κ1) is 9.78. The summed E-state index contributed by atoms with van der Waals surface area (Å²) >= 11 is 0. The largest absolute Gasteiger partial charge is 0.411 e. The van der Waals surface area contributed by atoms with Crippen LogP contribution in [0.4, 0.5) is 19.1 Å². The van der Waals surface area contributed by atoms with Crippen molar-refractivity contribution in [1.82, 2.24) is 10.1 Å². The van der Waals surface area contributed by atoms with E-state index in [4.69, 9.17) is 5.73 Å². The molecule has 13 heavy (non-hydrogen) atoms. The number of halogens is 3. The van der Waals surface area contributed by atoms with E-state index in [9.17, 15) is 13.2 Å². The summed E-state index contributed by atoms with van der Waals surface area (Å²) < 4.78 is 43.3. The van der Waals surface area contributed by atoms with Crippen molar-refractivity contribution in [3.05, 3.63) is 5.89 Å². The number of ether oxygens (including phenoxy) is 1. The van der Waals surface area contributed by atoms with E-state index in [1.54, 1.807) is 0 Å². The van der Waals surface area contributed by atoms with E-state index >= 15 is 0 Å². The lowest BCUT2D eigenvalue weighted by Gasteiger charge is -2.04. The molecule has 1 heterocycles. The summed E-state index contributed by atoms with van der Waals surface area (Å²) in [7, 11) is 0.